The highest BCUT2D eigenvalue weighted by molar-refractivity contribution is 5.86. The second-order valence-corrected chi connectivity index (χ2v) is 13.2. The zero-order valence-electron chi connectivity index (χ0n) is 26.0. The van der Waals surface area contributed by atoms with E-state index in [0.29, 0.717) is 18.3 Å². The van der Waals surface area contributed by atoms with E-state index in [2.05, 4.69) is 49.6 Å². The molecule has 0 aliphatic carbocycles. The number of allylic oxidation sites excluding steroid dienone is 1. The first-order chi connectivity index (χ1) is 18.9. The van der Waals surface area contributed by atoms with Gasteiger partial charge in [0.25, 0.3) is 0 Å². The van der Waals surface area contributed by atoms with Crippen molar-refractivity contribution < 1.29 is 14.3 Å². The zero-order valence-corrected chi connectivity index (χ0v) is 27.6. The van der Waals surface area contributed by atoms with Gasteiger partial charge in [-0.25, -0.2) is 0 Å². The highest BCUT2D eigenvalue weighted by Gasteiger charge is 2.46. The van der Waals surface area contributed by atoms with Gasteiger partial charge in [-0.3, -0.25) is 4.79 Å². The molecule has 232 valence electrons. The number of nitrogens with zero attached hydrogens (tertiary/aromatic N) is 2. The molecule has 0 amide bonds. The first-order valence-corrected chi connectivity index (χ1v) is 16.1. The number of halogens is 2. The number of rotatable bonds is 12. The van der Waals surface area contributed by atoms with Gasteiger partial charge in [0.2, 0.25) is 0 Å². The number of carbonyl (C=O) groups is 1. The van der Waals surface area contributed by atoms with E-state index in [4.69, 9.17) is 9.47 Å². The zero-order chi connectivity index (χ0) is 27.4. The third-order valence-corrected chi connectivity index (χ3v) is 9.56. The van der Waals surface area contributed by atoms with Crippen LogP contribution in [0.3, 0.4) is 0 Å². The Morgan fingerprint density at radius 2 is 1.76 bits per heavy atom. The van der Waals surface area contributed by atoms with Gasteiger partial charge < -0.3 is 19.3 Å². The number of unbranched alkanes of at least 4 members (excludes halogenated alkanes) is 2. The van der Waals surface area contributed by atoms with Crippen LogP contribution in [0.1, 0.15) is 116 Å². The first kappa shape index (κ1) is 34.1. The van der Waals surface area contributed by atoms with Crippen molar-refractivity contribution in [1.82, 2.24) is 9.80 Å². The molecule has 7 heteroatoms. The molecule has 41 heavy (non-hydrogen) atoms. The van der Waals surface area contributed by atoms with Crippen molar-refractivity contribution in [3.63, 3.8) is 0 Å². The van der Waals surface area contributed by atoms with Gasteiger partial charge in [-0.15, -0.1) is 24.8 Å². The second-order valence-electron chi connectivity index (χ2n) is 13.2. The molecule has 1 aromatic rings. The Morgan fingerprint density at radius 1 is 1.02 bits per heavy atom. The van der Waals surface area contributed by atoms with Crippen molar-refractivity contribution in [3.05, 3.63) is 29.0 Å². The number of esters is 1. The highest BCUT2D eigenvalue weighted by atomic mass is 35.5. The fraction of sp³-hybridized carbons (Fsp3) is 0.735. The molecule has 0 radical (unpaired) electrons. The van der Waals surface area contributed by atoms with Crippen LogP contribution in [-0.2, 0) is 11.2 Å². The van der Waals surface area contributed by atoms with Crippen LogP contribution in [0.15, 0.2) is 17.8 Å². The Hall–Kier alpha value is -1.43. The SMILES string of the molecule is CCCCCC(C)CCc1cc(OC(=O)CCCN2CCCCC2)c2c(c1)OC(C)(C)C1=C2C2CCN1CC2.Cl.Cl. The minimum Gasteiger partial charge on any atom is -0.481 e. The molecule has 1 atom stereocenters. The summed E-state index contributed by atoms with van der Waals surface area (Å²) in [4.78, 5) is 18.2. The minimum atomic E-state index is -0.372. The van der Waals surface area contributed by atoms with Crippen LogP contribution in [0.25, 0.3) is 5.57 Å². The van der Waals surface area contributed by atoms with Crippen LogP contribution >= 0.6 is 24.8 Å². The smallest absolute Gasteiger partial charge is 0.311 e. The predicted molar refractivity (Wildman–Crippen MR) is 174 cm³/mol. The van der Waals surface area contributed by atoms with E-state index in [-0.39, 0.29) is 36.4 Å². The fourth-order valence-corrected chi connectivity index (χ4v) is 7.43. The molecule has 0 spiro atoms. The summed E-state index contributed by atoms with van der Waals surface area (Å²) in [6.45, 7) is 14.6. The van der Waals surface area contributed by atoms with Gasteiger partial charge >= 0.3 is 5.97 Å². The van der Waals surface area contributed by atoms with Crippen LogP contribution in [0.4, 0.5) is 0 Å². The van der Waals surface area contributed by atoms with Gasteiger partial charge in [0.1, 0.15) is 17.1 Å². The second kappa shape index (κ2) is 15.3. The molecule has 6 rings (SSSR count). The Labute approximate surface area is 261 Å². The average molecular weight is 610 g/mol. The first-order valence-electron chi connectivity index (χ1n) is 16.1. The number of hydrogen-bond acceptors (Lipinski definition) is 5. The normalized spacial score (nSPS) is 20.3. The molecule has 2 fully saturated rings. The summed E-state index contributed by atoms with van der Waals surface area (Å²) in [5.41, 5.74) is 4.62. The van der Waals surface area contributed by atoms with E-state index >= 15 is 0 Å². The summed E-state index contributed by atoms with van der Waals surface area (Å²) >= 11 is 0. The van der Waals surface area contributed by atoms with Crippen LogP contribution in [0.2, 0.25) is 0 Å². The molecule has 5 heterocycles. The standard InChI is InChI=1S/C34H52N2O3.2ClH/c1-5-6-8-12-25(2)14-15-26-23-28(38-30(37)13-11-20-35-18-9-7-10-19-35)32-29(24-26)39-34(3,4)33-31(32)27-16-21-36(33)22-17-27;;/h23-25,27H,5-22H2,1-4H3;2*1H. The molecule has 1 unspecified atom stereocenters. The molecule has 5 aliphatic rings. The van der Waals surface area contributed by atoms with Crippen molar-refractivity contribution >= 4 is 36.4 Å². The molecule has 5 nitrogen and oxygen atoms in total. The van der Waals surface area contributed by atoms with E-state index in [1.54, 1.807) is 0 Å². The van der Waals surface area contributed by atoms with Crippen molar-refractivity contribution in [2.75, 3.05) is 32.7 Å². The quantitative estimate of drug-likeness (QED) is 0.135. The van der Waals surface area contributed by atoms with Gasteiger partial charge in [-0.05, 0) is 114 Å². The summed E-state index contributed by atoms with van der Waals surface area (Å²) in [5.74, 6) is 2.77. The lowest BCUT2D eigenvalue weighted by molar-refractivity contribution is -0.134. The Bertz CT molecular complexity index is 1040. The molecular formula is C34H54Cl2N2O3. The van der Waals surface area contributed by atoms with Gasteiger partial charge in [-0.2, -0.15) is 0 Å². The third kappa shape index (κ3) is 8.15. The summed E-state index contributed by atoms with van der Waals surface area (Å²) in [6.07, 6.45) is 14.9. The summed E-state index contributed by atoms with van der Waals surface area (Å²) in [7, 11) is 0. The molecule has 0 N–H and O–H groups in total. The average Bonchev–Trinajstić information content (AvgIpc) is 2.92. The van der Waals surface area contributed by atoms with Crippen LogP contribution in [-0.4, -0.2) is 54.1 Å². The third-order valence-electron chi connectivity index (χ3n) is 9.56. The van der Waals surface area contributed by atoms with Crippen molar-refractivity contribution in [2.45, 2.75) is 117 Å². The maximum atomic E-state index is 13.2. The Balaban J connectivity index is 0.00000231. The number of carbonyl (C=O) groups excluding carboxylic acids is 1. The maximum Gasteiger partial charge on any atom is 0.311 e. The van der Waals surface area contributed by atoms with Crippen molar-refractivity contribution in [1.29, 1.82) is 0 Å². The largest absolute Gasteiger partial charge is 0.481 e. The summed E-state index contributed by atoms with van der Waals surface area (Å²) in [6, 6.07) is 4.43. The number of likely N-dealkylation sites (tertiary alicyclic amines) is 1. The monoisotopic (exact) mass is 608 g/mol. The van der Waals surface area contributed by atoms with E-state index in [1.807, 2.05) is 0 Å². The highest BCUT2D eigenvalue weighted by Crippen LogP contribution is 2.54. The lowest BCUT2D eigenvalue weighted by Gasteiger charge is -2.51. The van der Waals surface area contributed by atoms with E-state index in [1.165, 1.54) is 87.7 Å². The van der Waals surface area contributed by atoms with E-state index < -0.39 is 0 Å². The van der Waals surface area contributed by atoms with Crippen LogP contribution in [0, 0.1) is 11.8 Å². The Morgan fingerprint density at radius 3 is 2.46 bits per heavy atom. The molecule has 5 aliphatic heterocycles. The number of ether oxygens (including phenoxy) is 2. The van der Waals surface area contributed by atoms with Gasteiger partial charge in [0, 0.05) is 19.5 Å². The predicted octanol–water partition coefficient (Wildman–Crippen LogP) is 8.46. The molecule has 1 aromatic carbocycles. The molecule has 2 saturated heterocycles. The molecule has 0 aromatic heterocycles. The van der Waals surface area contributed by atoms with Crippen LogP contribution < -0.4 is 9.47 Å². The van der Waals surface area contributed by atoms with Gasteiger partial charge in [0.15, 0.2) is 0 Å². The van der Waals surface area contributed by atoms with Gasteiger partial charge in [0.05, 0.1) is 11.3 Å². The maximum absolute atomic E-state index is 13.2. The topological polar surface area (TPSA) is 42.0 Å². The van der Waals surface area contributed by atoms with Crippen LogP contribution in [0.5, 0.6) is 11.5 Å². The number of piperidine rings is 2. The number of benzene rings is 1. The number of aryl methyl sites for hydroxylation is 1. The lowest BCUT2D eigenvalue weighted by atomic mass is 9.74. The molecule has 0 saturated carbocycles. The van der Waals surface area contributed by atoms with Crippen molar-refractivity contribution in [2.24, 2.45) is 11.8 Å². The fourth-order valence-electron chi connectivity index (χ4n) is 7.43. The lowest BCUT2D eigenvalue weighted by Crippen LogP contribution is -2.51. The van der Waals surface area contributed by atoms with E-state index in [9.17, 15) is 4.79 Å². The molecular weight excluding hydrogens is 555 g/mol. The van der Waals surface area contributed by atoms with E-state index in [0.717, 1.165) is 56.0 Å². The number of fused-ring (bicyclic) bond motifs is 3. The minimum absolute atomic E-state index is 0. The Kier molecular flexibility index (Phi) is 12.7. The molecule has 2 bridgehead atoms. The van der Waals surface area contributed by atoms with Gasteiger partial charge in [-0.1, -0.05) is 46.0 Å². The van der Waals surface area contributed by atoms with Crippen molar-refractivity contribution in [3.8, 4) is 11.5 Å². The summed E-state index contributed by atoms with van der Waals surface area (Å²) in [5, 5.41) is 0. The summed E-state index contributed by atoms with van der Waals surface area (Å²) < 4.78 is 13.0. The number of hydrogen-bond donors (Lipinski definition) is 0.